The predicted molar refractivity (Wildman–Crippen MR) is 312 cm³/mol. The fourth-order valence-corrected chi connectivity index (χ4v) is 12.9. The summed E-state index contributed by atoms with van der Waals surface area (Å²) in [5.41, 5.74) is 12.2. The Morgan fingerprint density at radius 2 is 0.753 bits per heavy atom. The summed E-state index contributed by atoms with van der Waals surface area (Å²) < 4.78 is 14.9. The number of benzene rings is 11. The first kappa shape index (κ1) is 42.4. The number of hydrogen-bond donors (Lipinski definition) is 0. The molecule has 73 heavy (non-hydrogen) atoms. The van der Waals surface area contributed by atoms with Gasteiger partial charge in [0.15, 0.2) is 0 Å². The molecule has 4 nitrogen and oxygen atoms in total. The maximum Gasteiger partial charge on any atom is 0.262 e. The highest BCUT2D eigenvalue weighted by Crippen LogP contribution is 2.51. The zero-order valence-electron chi connectivity index (χ0n) is 42.1. The van der Waals surface area contributed by atoms with Crippen molar-refractivity contribution in [3.8, 4) is 0 Å². The summed E-state index contributed by atoms with van der Waals surface area (Å²) in [5, 5.41) is 17.1. The minimum absolute atomic E-state index is 0.0449. The van der Waals surface area contributed by atoms with Gasteiger partial charge in [-0.05, 0) is 154 Å². The Kier molecular flexibility index (Phi) is 8.79. The minimum Gasteiger partial charge on any atom is -0.440 e. The van der Waals surface area contributed by atoms with Crippen LogP contribution in [0.15, 0.2) is 197 Å². The van der Waals surface area contributed by atoms with Crippen LogP contribution in [0, 0.1) is 0 Å². The van der Waals surface area contributed by atoms with E-state index in [9.17, 15) is 0 Å². The number of anilines is 6. The lowest BCUT2D eigenvalue weighted by atomic mass is 9.33. The molecule has 2 aromatic heterocycles. The summed E-state index contributed by atoms with van der Waals surface area (Å²) in [4.78, 5) is 4.90. The summed E-state index contributed by atoms with van der Waals surface area (Å²) in [6, 6.07) is 70.2. The highest BCUT2D eigenvalue weighted by Gasteiger charge is 2.49. The van der Waals surface area contributed by atoms with E-state index in [1.54, 1.807) is 0 Å². The monoisotopic (exact) mass is 940 g/mol. The molecule has 0 bridgehead atoms. The highest BCUT2D eigenvalue weighted by atomic mass is 16.4. The van der Waals surface area contributed by atoms with E-state index in [4.69, 9.17) is 8.83 Å². The molecule has 0 saturated carbocycles. The van der Waals surface area contributed by atoms with Gasteiger partial charge < -0.3 is 8.83 Å². The molecule has 0 spiro atoms. The average molecular weight is 941 g/mol. The maximum atomic E-state index is 7.48. The molecule has 5 heteroatoms. The average Bonchev–Trinajstić information content (AvgIpc) is 4.01. The van der Waals surface area contributed by atoms with Crippen molar-refractivity contribution in [2.45, 2.75) is 65.2 Å². The van der Waals surface area contributed by atoms with Gasteiger partial charge in [0.25, 0.3) is 6.71 Å². The van der Waals surface area contributed by atoms with Crippen LogP contribution in [0.1, 0.15) is 65.5 Å². The first-order chi connectivity index (χ1) is 35.6. The second-order valence-corrected chi connectivity index (χ2v) is 22.0. The van der Waals surface area contributed by atoms with E-state index < -0.39 is 0 Å². The van der Waals surface area contributed by atoms with Gasteiger partial charge in [0.2, 0.25) is 11.8 Å². The van der Waals surface area contributed by atoms with Crippen molar-refractivity contribution < 1.29 is 8.83 Å². The number of hydrogen-bond acceptors (Lipinski definition) is 4. The number of fused-ring (bicyclic) bond motifs is 20. The van der Waals surface area contributed by atoms with Gasteiger partial charge in [-0.1, -0.05) is 175 Å². The Morgan fingerprint density at radius 3 is 1.26 bits per heavy atom. The zero-order chi connectivity index (χ0) is 49.1. The van der Waals surface area contributed by atoms with E-state index in [0.717, 1.165) is 69.3 Å². The van der Waals surface area contributed by atoms with Crippen LogP contribution >= 0.6 is 0 Å². The number of rotatable bonds is 6. The van der Waals surface area contributed by atoms with Gasteiger partial charge in [0, 0.05) is 44.1 Å². The molecule has 4 heterocycles. The summed E-state index contributed by atoms with van der Waals surface area (Å²) in [6.45, 7) is 13.8. The molecule has 11 aromatic carbocycles. The second kappa shape index (κ2) is 15.1. The highest BCUT2D eigenvalue weighted by molar-refractivity contribution is 7.02. The standard InChI is InChI=1S/C68H53BN2O2/c1-7-67(3,4)40-31-35-59-54(37-40)62-65(72-59)70(42-33-34-50-45-21-10-9-19-43(45)44-20-12-14-25-49(44)53(50)39-42)57-29-18-30-58-64(57)69(62)63-55-38-41(68(5,6)8-2)32-36-60(55)73-66(63)71(58)56-28-17-27-52-48-23-13-11-22-46(48)47-24-15-16-26-51(47)61(52)56/h9-39H,7-8H2,1-6H3. The number of nitrogens with zero attached hydrogens (tertiary/aromatic N) is 2. The van der Waals surface area contributed by atoms with Crippen LogP contribution in [0.2, 0.25) is 0 Å². The lowest BCUT2D eigenvalue weighted by molar-refractivity contribution is 0.506. The van der Waals surface area contributed by atoms with Gasteiger partial charge in [0.05, 0.1) is 5.69 Å². The van der Waals surface area contributed by atoms with E-state index in [1.165, 1.54) is 92.2 Å². The third-order valence-corrected chi connectivity index (χ3v) is 17.5. The van der Waals surface area contributed by atoms with Crippen molar-refractivity contribution in [2.24, 2.45) is 0 Å². The zero-order valence-corrected chi connectivity index (χ0v) is 42.1. The van der Waals surface area contributed by atoms with E-state index in [-0.39, 0.29) is 17.5 Å². The van der Waals surface area contributed by atoms with E-state index >= 15 is 0 Å². The molecular formula is C68H53BN2O2. The van der Waals surface area contributed by atoms with Gasteiger partial charge in [0.1, 0.15) is 11.2 Å². The predicted octanol–water partition coefficient (Wildman–Crippen LogP) is 17.6. The fourth-order valence-electron chi connectivity index (χ4n) is 12.9. The van der Waals surface area contributed by atoms with Gasteiger partial charge >= 0.3 is 0 Å². The summed E-state index contributed by atoms with van der Waals surface area (Å²) in [6.07, 6.45) is 2.02. The Labute approximate surface area is 425 Å². The van der Waals surface area contributed by atoms with Crippen molar-refractivity contribution in [1.29, 1.82) is 0 Å². The third-order valence-electron chi connectivity index (χ3n) is 17.5. The Hall–Kier alpha value is -8.28. The van der Waals surface area contributed by atoms with Gasteiger partial charge in [-0.2, -0.15) is 0 Å². The second-order valence-electron chi connectivity index (χ2n) is 22.0. The molecule has 0 radical (unpaired) electrons. The molecule has 15 rings (SSSR count). The smallest absolute Gasteiger partial charge is 0.262 e. The summed E-state index contributed by atoms with van der Waals surface area (Å²) >= 11 is 0. The largest absolute Gasteiger partial charge is 0.440 e. The van der Waals surface area contributed by atoms with Crippen molar-refractivity contribution in [2.75, 3.05) is 9.80 Å². The van der Waals surface area contributed by atoms with Crippen molar-refractivity contribution in [3.05, 3.63) is 199 Å². The van der Waals surface area contributed by atoms with E-state index in [0.29, 0.717) is 0 Å². The Bertz CT molecular complexity index is 4440. The van der Waals surface area contributed by atoms with Crippen LogP contribution in [0.3, 0.4) is 0 Å². The Morgan fingerprint density at radius 1 is 0.356 bits per heavy atom. The topological polar surface area (TPSA) is 32.8 Å². The minimum atomic E-state index is -0.219. The molecule has 0 atom stereocenters. The molecular weight excluding hydrogens is 888 g/mol. The molecule has 0 amide bonds. The molecule has 13 aromatic rings. The molecule has 0 unspecified atom stereocenters. The fraction of sp³-hybridized carbons (Fsp3) is 0.147. The molecule has 0 saturated heterocycles. The lowest BCUT2D eigenvalue weighted by Crippen LogP contribution is -2.60. The van der Waals surface area contributed by atoms with Crippen LogP contribution in [-0.2, 0) is 10.8 Å². The van der Waals surface area contributed by atoms with E-state index in [1.807, 2.05) is 0 Å². The van der Waals surface area contributed by atoms with Crippen molar-refractivity contribution >= 4 is 144 Å². The molecule has 0 fully saturated rings. The molecule has 2 aliphatic heterocycles. The third kappa shape index (κ3) is 5.79. The Balaban J connectivity index is 1.09. The van der Waals surface area contributed by atoms with Crippen molar-refractivity contribution in [3.63, 3.8) is 0 Å². The van der Waals surface area contributed by atoms with Crippen molar-refractivity contribution in [1.82, 2.24) is 0 Å². The summed E-state index contributed by atoms with van der Waals surface area (Å²) in [7, 11) is 0. The molecule has 0 N–H and O–H groups in total. The molecule has 0 aliphatic carbocycles. The molecule has 350 valence electrons. The van der Waals surface area contributed by atoms with Gasteiger partial charge in [-0.25, -0.2) is 0 Å². The number of furan rings is 2. The first-order valence-electron chi connectivity index (χ1n) is 26.2. The van der Waals surface area contributed by atoms with Crippen LogP contribution < -0.4 is 26.2 Å². The molecule has 2 aliphatic rings. The first-order valence-corrected chi connectivity index (χ1v) is 26.2. The van der Waals surface area contributed by atoms with Crippen LogP contribution in [0.5, 0.6) is 0 Å². The quantitative estimate of drug-likeness (QED) is 0.123. The van der Waals surface area contributed by atoms with Crippen LogP contribution in [0.4, 0.5) is 34.5 Å². The van der Waals surface area contributed by atoms with Crippen LogP contribution in [-0.4, -0.2) is 6.71 Å². The SMILES string of the molecule is CCC(C)(C)c1ccc2oc3c(c2c1)B1c2c(cccc2N(c2cccc4c5ccccc5c5ccccc5c24)c2oc4ccc(C(C)(C)CC)cc4c21)N3c1ccc2c3ccccc3c3ccccc3c2c1. The van der Waals surface area contributed by atoms with E-state index in [2.05, 4.69) is 239 Å². The normalized spacial score (nSPS) is 13.6. The summed E-state index contributed by atoms with van der Waals surface area (Å²) in [5.74, 6) is 1.70. The van der Waals surface area contributed by atoms with Gasteiger partial charge in [-0.15, -0.1) is 0 Å². The van der Waals surface area contributed by atoms with Gasteiger partial charge in [-0.3, -0.25) is 9.80 Å². The maximum absolute atomic E-state index is 7.48. The van der Waals surface area contributed by atoms with Crippen LogP contribution in [0.25, 0.3) is 86.6 Å². The lowest BCUT2D eigenvalue weighted by Gasteiger charge is -2.40.